The molecule has 0 saturated heterocycles. The van der Waals surface area contributed by atoms with E-state index >= 15 is 0 Å². The Bertz CT molecular complexity index is 874. The first kappa shape index (κ1) is 18.2. The van der Waals surface area contributed by atoms with Crippen LogP contribution >= 0.6 is 0 Å². The predicted octanol–water partition coefficient (Wildman–Crippen LogP) is 3.52. The number of H-pyrrole nitrogens is 1. The molecule has 2 aromatic rings. The van der Waals surface area contributed by atoms with E-state index in [4.69, 9.17) is 9.72 Å². The first-order chi connectivity index (χ1) is 13.2. The molecule has 0 spiro atoms. The van der Waals surface area contributed by atoms with Crippen LogP contribution in [0.5, 0.6) is 5.75 Å². The molecular formula is C21H26FN3O2. The average Bonchev–Trinajstić information content (AvgIpc) is 2.70. The van der Waals surface area contributed by atoms with Gasteiger partial charge in [0.25, 0.3) is 5.56 Å². The number of halogens is 1. The minimum atomic E-state index is -0.278. The number of aromatic amines is 1. The molecule has 1 fully saturated rings. The van der Waals surface area contributed by atoms with Crippen molar-refractivity contribution in [1.82, 2.24) is 14.9 Å². The topological polar surface area (TPSA) is 58.2 Å². The molecule has 1 aliphatic carbocycles. The second-order valence-corrected chi connectivity index (χ2v) is 7.59. The quantitative estimate of drug-likeness (QED) is 0.893. The predicted molar refractivity (Wildman–Crippen MR) is 101 cm³/mol. The SMILES string of the molecule is COc1cccc(F)c1CN1CCc2nc(C3CCCCC3)[nH]c(=O)c2C1. The van der Waals surface area contributed by atoms with Gasteiger partial charge >= 0.3 is 0 Å². The molecule has 1 aromatic carbocycles. The van der Waals surface area contributed by atoms with Crippen LogP contribution in [0.2, 0.25) is 0 Å². The third kappa shape index (κ3) is 3.76. The molecule has 1 N–H and O–H groups in total. The summed E-state index contributed by atoms with van der Waals surface area (Å²) in [7, 11) is 1.55. The van der Waals surface area contributed by atoms with Crippen molar-refractivity contribution in [2.45, 2.75) is 57.5 Å². The molecule has 0 bridgehead atoms. The summed E-state index contributed by atoms with van der Waals surface area (Å²) in [5.41, 5.74) is 2.13. The van der Waals surface area contributed by atoms with Crippen LogP contribution in [0, 0.1) is 5.82 Å². The van der Waals surface area contributed by atoms with Crippen molar-refractivity contribution in [1.29, 1.82) is 0 Å². The van der Waals surface area contributed by atoms with Crippen molar-refractivity contribution in [3.8, 4) is 5.75 Å². The summed E-state index contributed by atoms with van der Waals surface area (Å²) >= 11 is 0. The van der Waals surface area contributed by atoms with Gasteiger partial charge in [0.15, 0.2) is 0 Å². The third-order valence-electron chi connectivity index (χ3n) is 5.84. The van der Waals surface area contributed by atoms with Crippen LogP contribution in [0.25, 0.3) is 0 Å². The Morgan fingerprint density at radius 2 is 2.11 bits per heavy atom. The number of ether oxygens (including phenoxy) is 1. The number of benzene rings is 1. The van der Waals surface area contributed by atoms with E-state index in [0.717, 1.165) is 42.9 Å². The van der Waals surface area contributed by atoms with E-state index in [-0.39, 0.29) is 11.4 Å². The van der Waals surface area contributed by atoms with Crippen LogP contribution in [0.1, 0.15) is 60.7 Å². The smallest absolute Gasteiger partial charge is 0.255 e. The maximum Gasteiger partial charge on any atom is 0.255 e. The molecule has 0 unspecified atom stereocenters. The summed E-state index contributed by atoms with van der Waals surface area (Å²) < 4.78 is 19.5. The van der Waals surface area contributed by atoms with Crippen LogP contribution in [0.3, 0.4) is 0 Å². The number of aromatic nitrogens is 2. The highest BCUT2D eigenvalue weighted by molar-refractivity contribution is 5.35. The van der Waals surface area contributed by atoms with E-state index in [2.05, 4.69) is 9.88 Å². The molecule has 144 valence electrons. The van der Waals surface area contributed by atoms with Gasteiger partial charge in [-0.2, -0.15) is 0 Å². The zero-order chi connectivity index (χ0) is 18.8. The maximum atomic E-state index is 14.2. The number of methoxy groups -OCH3 is 1. The Hall–Kier alpha value is -2.21. The van der Waals surface area contributed by atoms with E-state index in [1.807, 2.05) is 0 Å². The van der Waals surface area contributed by atoms with Gasteiger partial charge in [-0.3, -0.25) is 9.69 Å². The first-order valence-corrected chi connectivity index (χ1v) is 9.81. The molecule has 1 aromatic heterocycles. The Morgan fingerprint density at radius 3 is 2.89 bits per heavy atom. The molecule has 4 rings (SSSR count). The van der Waals surface area contributed by atoms with Gasteiger partial charge in [-0.1, -0.05) is 25.3 Å². The zero-order valence-corrected chi connectivity index (χ0v) is 15.8. The zero-order valence-electron chi connectivity index (χ0n) is 15.8. The molecule has 0 radical (unpaired) electrons. The molecule has 0 amide bonds. The molecule has 2 heterocycles. The monoisotopic (exact) mass is 371 g/mol. The fraction of sp³-hybridized carbons (Fsp3) is 0.524. The summed E-state index contributed by atoms with van der Waals surface area (Å²) in [6.45, 7) is 1.66. The fourth-order valence-corrected chi connectivity index (χ4v) is 4.31. The molecule has 1 saturated carbocycles. The van der Waals surface area contributed by atoms with Crippen molar-refractivity contribution >= 4 is 0 Å². The maximum absolute atomic E-state index is 14.2. The van der Waals surface area contributed by atoms with Crippen molar-refractivity contribution in [2.24, 2.45) is 0 Å². The standard InChI is InChI=1S/C21H26FN3O2/c1-27-19-9-5-8-17(22)15(19)12-25-11-10-18-16(13-25)21(26)24-20(23-18)14-6-3-2-4-7-14/h5,8-9,14H,2-4,6-7,10-13H2,1H3,(H,23,24,26). The Morgan fingerprint density at radius 1 is 1.30 bits per heavy atom. The van der Waals surface area contributed by atoms with E-state index < -0.39 is 0 Å². The molecule has 6 heteroatoms. The lowest BCUT2D eigenvalue weighted by Crippen LogP contribution is -2.36. The summed E-state index contributed by atoms with van der Waals surface area (Å²) in [6, 6.07) is 4.85. The second-order valence-electron chi connectivity index (χ2n) is 7.59. The Kier molecular flexibility index (Phi) is 5.25. The first-order valence-electron chi connectivity index (χ1n) is 9.81. The number of hydrogen-bond acceptors (Lipinski definition) is 4. The van der Waals surface area contributed by atoms with E-state index in [9.17, 15) is 9.18 Å². The third-order valence-corrected chi connectivity index (χ3v) is 5.84. The van der Waals surface area contributed by atoms with Gasteiger partial charge in [0.05, 0.1) is 18.4 Å². The van der Waals surface area contributed by atoms with Crippen LogP contribution < -0.4 is 10.3 Å². The van der Waals surface area contributed by atoms with Gasteiger partial charge in [-0.15, -0.1) is 0 Å². The number of fused-ring (bicyclic) bond motifs is 1. The summed E-state index contributed by atoms with van der Waals surface area (Å²) in [4.78, 5) is 22.6. The van der Waals surface area contributed by atoms with Crippen LogP contribution in [0.4, 0.5) is 4.39 Å². The largest absolute Gasteiger partial charge is 0.496 e. The average molecular weight is 371 g/mol. The van der Waals surface area contributed by atoms with Crippen molar-refractivity contribution in [3.63, 3.8) is 0 Å². The lowest BCUT2D eigenvalue weighted by Gasteiger charge is -2.29. The summed E-state index contributed by atoms with van der Waals surface area (Å²) in [6.07, 6.45) is 6.64. The molecule has 2 aliphatic rings. The molecular weight excluding hydrogens is 345 g/mol. The highest BCUT2D eigenvalue weighted by atomic mass is 19.1. The van der Waals surface area contributed by atoms with Crippen molar-refractivity contribution in [2.75, 3.05) is 13.7 Å². The number of rotatable bonds is 4. The van der Waals surface area contributed by atoms with Crippen molar-refractivity contribution < 1.29 is 9.13 Å². The lowest BCUT2D eigenvalue weighted by molar-refractivity contribution is 0.233. The highest BCUT2D eigenvalue weighted by Crippen LogP contribution is 2.31. The van der Waals surface area contributed by atoms with Crippen LogP contribution in [-0.2, 0) is 19.5 Å². The summed E-state index contributed by atoms with van der Waals surface area (Å²) in [5.74, 6) is 1.51. The van der Waals surface area contributed by atoms with Crippen LogP contribution in [-0.4, -0.2) is 28.5 Å². The van der Waals surface area contributed by atoms with E-state index in [1.165, 1.54) is 25.3 Å². The van der Waals surface area contributed by atoms with E-state index in [0.29, 0.717) is 30.3 Å². The molecule has 27 heavy (non-hydrogen) atoms. The lowest BCUT2D eigenvalue weighted by atomic mass is 9.88. The van der Waals surface area contributed by atoms with Crippen molar-refractivity contribution in [3.05, 3.63) is 57.0 Å². The minimum Gasteiger partial charge on any atom is -0.496 e. The van der Waals surface area contributed by atoms with Gasteiger partial charge in [0, 0.05) is 37.5 Å². The van der Waals surface area contributed by atoms with Gasteiger partial charge in [-0.05, 0) is 25.0 Å². The second kappa shape index (κ2) is 7.80. The van der Waals surface area contributed by atoms with Gasteiger partial charge in [-0.25, -0.2) is 9.37 Å². The highest BCUT2D eigenvalue weighted by Gasteiger charge is 2.25. The number of nitrogens with one attached hydrogen (secondary N) is 1. The van der Waals surface area contributed by atoms with Gasteiger partial charge < -0.3 is 9.72 Å². The van der Waals surface area contributed by atoms with Gasteiger partial charge in [0.2, 0.25) is 0 Å². The van der Waals surface area contributed by atoms with Crippen LogP contribution in [0.15, 0.2) is 23.0 Å². The molecule has 5 nitrogen and oxygen atoms in total. The summed E-state index contributed by atoms with van der Waals surface area (Å²) in [5, 5.41) is 0. The molecule has 1 aliphatic heterocycles. The van der Waals surface area contributed by atoms with Gasteiger partial charge in [0.1, 0.15) is 17.4 Å². The number of hydrogen-bond donors (Lipinski definition) is 1. The number of nitrogens with zero attached hydrogens (tertiary/aromatic N) is 2. The minimum absolute atomic E-state index is 0.0363. The normalized spacial score (nSPS) is 18.3. The Labute approximate surface area is 158 Å². The Balaban J connectivity index is 1.54. The molecule has 0 atom stereocenters. The fourth-order valence-electron chi connectivity index (χ4n) is 4.31. The van der Waals surface area contributed by atoms with E-state index in [1.54, 1.807) is 19.2 Å².